The average Bonchev–Trinajstić information content (AvgIpc) is 2.46. The zero-order valence-corrected chi connectivity index (χ0v) is 13.3. The molecular formula is C15H19BrN2O2. The van der Waals surface area contributed by atoms with Crippen molar-refractivity contribution in [1.82, 2.24) is 10.6 Å². The van der Waals surface area contributed by atoms with Crippen LogP contribution in [-0.2, 0) is 0 Å². The molecule has 0 aliphatic rings. The standard InChI is InChI=1S/C15H19BrN2O2/c1-17-5-6-18-10-20-13-4-3-11-8-14(16)15(19-2)9-12(11)7-13/h3-4,7-9,17-18H,5-6,10H2,1-2H3. The van der Waals surface area contributed by atoms with E-state index in [1.165, 1.54) is 0 Å². The first kappa shape index (κ1) is 15.1. The van der Waals surface area contributed by atoms with Gasteiger partial charge in [0.15, 0.2) is 0 Å². The van der Waals surface area contributed by atoms with Crippen LogP contribution in [0.5, 0.6) is 11.5 Å². The summed E-state index contributed by atoms with van der Waals surface area (Å²) in [7, 11) is 3.59. The Balaban J connectivity index is 2.06. The summed E-state index contributed by atoms with van der Waals surface area (Å²) in [5.74, 6) is 1.67. The Morgan fingerprint density at radius 3 is 2.70 bits per heavy atom. The molecule has 0 fully saturated rings. The van der Waals surface area contributed by atoms with Gasteiger partial charge in [-0.1, -0.05) is 6.07 Å². The topological polar surface area (TPSA) is 42.5 Å². The first-order chi connectivity index (χ1) is 9.74. The molecule has 0 spiro atoms. The van der Waals surface area contributed by atoms with Crippen molar-refractivity contribution >= 4 is 26.7 Å². The monoisotopic (exact) mass is 338 g/mol. The Hall–Kier alpha value is -1.30. The Bertz CT molecular complexity index is 575. The highest BCUT2D eigenvalue weighted by Gasteiger charge is 2.04. The smallest absolute Gasteiger partial charge is 0.139 e. The van der Waals surface area contributed by atoms with E-state index in [2.05, 4.69) is 26.6 Å². The van der Waals surface area contributed by atoms with Gasteiger partial charge in [0.2, 0.25) is 0 Å². The van der Waals surface area contributed by atoms with Gasteiger partial charge in [0.1, 0.15) is 18.2 Å². The predicted molar refractivity (Wildman–Crippen MR) is 85.6 cm³/mol. The molecule has 2 N–H and O–H groups in total. The first-order valence-electron chi connectivity index (χ1n) is 6.50. The second-order valence-electron chi connectivity index (χ2n) is 4.39. The van der Waals surface area contributed by atoms with Crippen LogP contribution in [0.15, 0.2) is 34.8 Å². The fourth-order valence-corrected chi connectivity index (χ4v) is 2.42. The van der Waals surface area contributed by atoms with Crippen molar-refractivity contribution in [1.29, 1.82) is 0 Å². The van der Waals surface area contributed by atoms with Crippen molar-refractivity contribution in [3.63, 3.8) is 0 Å². The summed E-state index contributed by atoms with van der Waals surface area (Å²) in [4.78, 5) is 0. The highest BCUT2D eigenvalue weighted by atomic mass is 79.9. The largest absolute Gasteiger partial charge is 0.496 e. The number of nitrogens with one attached hydrogen (secondary N) is 2. The Kier molecular flexibility index (Phi) is 5.64. The van der Waals surface area contributed by atoms with Gasteiger partial charge >= 0.3 is 0 Å². The van der Waals surface area contributed by atoms with E-state index >= 15 is 0 Å². The molecule has 0 saturated carbocycles. The molecule has 0 radical (unpaired) electrons. The summed E-state index contributed by atoms with van der Waals surface area (Å²) in [6.07, 6.45) is 0. The fraction of sp³-hybridized carbons (Fsp3) is 0.333. The summed E-state index contributed by atoms with van der Waals surface area (Å²) in [5, 5.41) is 8.51. The van der Waals surface area contributed by atoms with E-state index in [1.54, 1.807) is 7.11 Å². The van der Waals surface area contributed by atoms with Crippen molar-refractivity contribution in [3.8, 4) is 11.5 Å². The van der Waals surface area contributed by atoms with Crippen LogP contribution in [-0.4, -0.2) is 34.0 Å². The number of hydrogen-bond donors (Lipinski definition) is 2. The minimum absolute atomic E-state index is 0.501. The van der Waals surface area contributed by atoms with Gasteiger partial charge in [0.05, 0.1) is 11.6 Å². The lowest BCUT2D eigenvalue weighted by atomic mass is 10.1. The molecule has 0 saturated heterocycles. The van der Waals surface area contributed by atoms with Gasteiger partial charge in [0.25, 0.3) is 0 Å². The molecule has 2 aromatic carbocycles. The molecule has 0 bridgehead atoms. The maximum Gasteiger partial charge on any atom is 0.139 e. The summed E-state index contributed by atoms with van der Waals surface area (Å²) >= 11 is 3.49. The molecule has 0 aromatic heterocycles. The highest BCUT2D eigenvalue weighted by Crippen LogP contribution is 2.31. The van der Waals surface area contributed by atoms with Crippen molar-refractivity contribution in [2.24, 2.45) is 0 Å². The van der Waals surface area contributed by atoms with E-state index in [9.17, 15) is 0 Å². The number of rotatable bonds is 7. The maximum atomic E-state index is 5.67. The van der Waals surface area contributed by atoms with E-state index in [0.717, 1.165) is 39.8 Å². The summed E-state index contributed by atoms with van der Waals surface area (Å²) in [6.45, 7) is 2.30. The molecule has 0 aliphatic heterocycles. The Morgan fingerprint density at radius 2 is 1.95 bits per heavy atom. The minimum atomic E-state index is 0.501. The van der Waals surface area contributed by atoms with Crippen LogP contribution in [0.1, 0.15) is 0 Å². The van der Waals surface area contributed by atoms with Crippen LogP contribution in [0, 0.1) is 0 Å². The molecule has 2 aromatic rings. The van der Waals surface area contributed by atoms with Crippen molar-refractivity contribution in [3.05, 3.63) is 34.8 Å². The van der Waals surface area contributed by atoms with Crippen molar-refractivity contribution in [2.45, 2.75) is 0 Å². The van der Waals surface area contributed by atoms with Crippen LogP contribution in [0.2, 0.25) is 0 Å². The Morgan fingerprint density at radius 1 is 1.10 bits per heavy atom. The second kappa shape index (κ2) is 7.47. The molecule has 5 heteroatoms. The normalized spacial score (nSPS) is 10.8. The van der Waals surface area contributed by atoms with E-state index in [4.69, 9.17) is 9.47 Å². The molecule has 2 rings (SSSR count). The summed E-state index contributed by atoms with van der Waals surface area (Å²) in [6, 6.07) is 10.1. The number of likely N-dealkylation sites (N-methyl/N-ethyl adjacent to an activating group) is 1. The van der Waals surface area contributed by atoms with E-state index in [1.807, 2.05) is 37.4 Å². The zero-order valence-electron chi connectivity index (χ0n) is 11.7. The Labute approximate surface area is 127 Å². The SMILES string of the molecule is CNCCNCOc1ccc2cc(Br)c(OC)cc2c1. The first-order valence-corrected chi connectivity index (χ1v) is 7.29. The molecule has 0 atom stereocenters. The van der Waals surface area contributed by atoms with Crippen LogP contribution >= 0.6 is 15.9 Å². The molecule has 4 nitrogen and oxygen atoms in total. The second-order valence-corrected chi connectivity index (χ2v) is 5.24. The highest BCUT2D eigenvalue weighted by molar-refractivity contribution is 9.10. The van der Waals surface area contributed by atoms with E-state index < -0.39 is 0 Å². The fourth-order valence-electron chi connectivity index (χ4n) is 1.89. The lowest BCUT2D eigenvalue weighted by Gasteiger charge is -2.10. The zero-order chi connectivity index (χ0) is 14.4. The van der Waals surface area contributed by atoms with E-state index in [0.29, 0.717) is 6.73 Å². The van der Waals surface area contributed by atoms with Gasteiger partial charge in [-0.2, -0.15) is 0 Å². The number of fused-ring (bicyclic) bond motifs is 1. The number of methoxy groups -OCH3 is 1. The number of benzene rings is 2. The van der Waals surface area contributed by atoms with E-state index in [-0.39, 0.29) is 0 Å². The third kappa shape index (κ3) is 3.85. The molecule has 20 heavy (non-hydrogen) atoms. The molecule has 0 aliphatic carbocycles. The van der Waals surface area contributed by atoms with Gasteiger partial charge in [-0.3, -0.25) is 5.32 Å². The average molecular weight is 339 g/mol. The van der Waals surface area contributed by atoms with Crippen LogP contribution in [0.25, 0.3) is 10.8 Å². The molecule has 0 unspecified atom stereocenters. The van der Waals surface area contributed by atoms with Gasteiger partial charge < -0.3 is 14.8 Å². The summed E-state index contributed by atoms with van der Waals surface area (Å²) < 4.78 is 11.9. The number of halogens is 1. The molecule has 0 amide bonds. The van der Waals surface area contributed by atoms with Crippen molar-refractivity contribution < 1.29 is 9.47 Å². The van der Waals surface area contributed by atoms with Crippen molar-refractivity contribution in [2.75, 3.05) is 34.0 Å². The van der Waals surface area contributed by atoms with Gasteiger partial charge in [-0.05, 0) is 58.0 Å². The number of hydrogen-bond acceptors (Lipinski definition) is 4. The third-order valence-corrected chi connectivity index (χ3v) is 3.59. The predicted octanol–water partition coefficient (Wildman–Crippen LogP) is 2.76. The van der Waals surface area contributed by atoms with Crippen LogP contribution < -0.4 is 20.1 Å². The molecular weight excluding hydrogens is 320 g/mol. The van der Waals surface area contributed by atoms with Crippen LogP contribution in [0.4, 0.5) is 0 Å². The van der Waals surface area contributed by atoms with Gasteiger partial charge in [0, 0.05) is 13.1 Å². The quantitative estimate of drug-likeness (QED) is 0.601. The lowest BCUT2D eigenvalue weighted by molar-refractivity contribution is 0.285. The molecule has 0 heterocycles. The van der Waals surface area contributed by atoms with Gasteiger partial charge in [-0.15, -0.1) is 0 Å². The lowest BCUT2D eigenvalue weighted by Crippen LogP contribution is -2.28. The molecule has 108 valence electrons. The van der Waals surface area contributed by atoms with Crippen LogP contribution in [0.3, 0.4) is 0 Å². The minimum Gasteiger partial charge on any atom is -0.496 e. The van der Waals surface area contributed by atoms with Gasteiger partial charge in [-0.25, -0.2) is 0 Å². The summed E-state index contributed by atoms with van der Waals surface area (Å²) in [5.41, 5.74) is 0. The maximum absolute atomic E-state index is 5.67. The third-order valence-electron chi connectivity index (χ3n) is 2.98. The number of ether oxygens (including phenoxy) is 2.